The van der Waals surface area contributed by atoms with Crippen LogP contribution >= 0.6 is 0 Å². The van der Waals surface area contributed by atoms with Gasteiger partial charge in [-0.05, 0) is 11.5 Å². The molecule has 70 heavy (non-hydrogen) atoms. The SMILES string of the molecule is CC(C)(C)c1cc(-c2cccc(-c3ccccc3)c2-n2[c](=[Pt])n(-c3[c-]c(Oc4cccc(N5B(c6ccccc6)n6c7ccccc7c7cc[c-]c5c76)n4)ccc3)c3ccccc32)cc(C(C)(C)C)c1. The number of pyridine rings is 1. The number of fused-ring (bicyclic) bond motifs is 4. The summed E-state index contributed by atoms with van der Waals surface area (Å²) in [4.78, 5) is 7.51. The Morgan fingerprint density at radius 2 is 1.17 bits per heavy atom. The molecule has 6 nitrogen and oxygen atoms in total. The number of aromatic nitrogens is 4. The van der Waals surface area contributed by atoms with E-state index in [0.717, 1.165) is 59.8 Å². The zero-order chi connectivity index (χ0) is 47.9. The Kier molecular flexibility index (Phi) is 10.6. The standard InChI is InChI=1S/C62H50BN5O.Pt/c1-61(2,3)44-37-43(38-45(39-44)62(4,5)6)50-29-18-28-49(42-21-9-7-10-22-42)59(50)66-41-65(54-32-15-16-33-55(54)66)47-25-17-26-48(40-47)69-58-36-20-35-57(64-58)67-56-34-19-30-52-51-27-13-14-31-53(51)68(60(52)56)63(67)46-23-11-8-12-24-46;/h7-33,35-39H,1-6H3;/q-2;. The Hall–Kier alpha value is -7.47. The van der Waals surface area contributed by atoms with Gasteiger partial charge in [-0.3, -0.25) is 0 Å². The first-order valence-corrected chi connectivity index (χ1v) is 25.0. The monoisotopic (exact) mass is 1090 g/mol. The average molecular weight is 1090 g/mol. The van der Waals surface area contributed by atoms with Gasteiger partial charge in [0, 0.05) is 5.52 Å². The molecule has 4 heterocycles. The van der Waals surface area contributed by atoms with Gasteiger partial charge in [-0.25, -0.2) is 0 Å². The van der Waals surface area contributed by atoms with Crippen LogP contribution in [0.1, 0.15) is 52.7 Å². The molecule has 0 atom stereocenters. The summed E-state index contributed by atoms with van der Waals surface area (Å²) in [7, 11) is 0. The third kappa shape index (κ3) is 7.38. The molecule has 0 amide bonds. The summed E-state index contributed by atoms with van der Waals surface area (Å²) < 4.78 is 14.9. The van der Waals surface area contributed by atoms with Crippen LogP contribution in [0.4, 0.5) is 11.5 Å². The molecule has 0 N–H and O–H groups in total. The maximum atomic E-state index is 6.73. The second-order valence-corrected chi connectivity index (χ2v) is 21.3. The van der Waals surface area contributed by atoms with Crippen LogP contribution in [-0.4, -0.2) is 25.6 Å². The first-order chi connectivity index (χ1) is 33.9. The first-order valence-electron chi connectivity index (χ1n) is 23.9. The molecule has 0 saturated heterocycles. The normalized spacial score (nSPS) is 12.7. The van der Waals surface area contributed by atoms with Gasteiger partial charge in [0.2, 0.25) is 0 Å². The van der Waals surface area contributed by atoms with Gasteiger partial charge in [-0.2, -0.15) is 12.1 Å². The molecule has 11 aromatic rings. The van der Waals surface area contributed by atoms with E-state index in [-0.39, 0.29) is 17.8 Å². The summed E-state index contributed by atoms with van der Waals surface area (Å²) in [5.41, 5.74) is 15.8. The first kappa shape index (κ1) is 43.8. The number of benzene rings is 8. The third-order valence-electron chi connectivity index (χ3n) is 13.7. The third-order valence-corrected chi connectivity index (χ3v) is 14.7. The molecular weight excluding hydrogens is 1040 g/mol. The van der Waals surface area contributed by atoms with Gasteiger partial charge in [-0.1, -0.05) is 48.5 Å². The van der Waals surface area contributed by atoms with Gasteiger partial charge in [0.15, 0.2) is 0 Å². The second kappa shape index (κ2) is 16.9. The van der Waals surface area contributed by atoms with Crippen LogP contribution in [0.3, 0.4) is 0 Å². The van der Waals surface area contributed by atoms with Gasteiger partial charge >= 0.3 is 340 Å². The molecule has 0 spiro atoms. The van der Waals surface area contributed by atoms with E-state index in [1.165, 1.54) is 38.5 Å². The average Bonchev–Trinajstić information content (AvgIpc) is 4.00. The molecule has 0 bridgehead atoms. The summed E-state index contributed by atoms with van der Waals surface area (Å²) in [6.45, 7) is 13.7. The molecule has 12 rings (SSSR count). The molecule has 0 radical (unpaired) electrons. The molecule has 8 heteroatoms. The second-order valence-electron chi connectivity index (χ2n) is 20.2. The molecule has 1 aliphatic heterocycles. The topological polar surface area (TPSA) is 40.1 Å². The fourth-order valence-electron chi connectivity index (χ4n) is 10.2. The van der Waals surface area contributed by atoms with E-state index < -0.39 is 0 Å². The van der Waals surface area contributed by atoms with Gasteiger partial charge in [-0.15, -0.1) is 5.39 Å². The van der Waals surface area contributed by atoms with Crippen molar-refractivity contribution in [1.29, 1.82) is 0 Å². The number of anilines is 2. The van der Waals surface area contributed by atoms with E-state index in [1.807, 2.05) is 30.3 Å². The van der Waals surface area contributed by atoms with E-state index in [4.69, 9.17) is 9.72 Å². The predicted octanol–water partition coefficient (Wildman–Crippen LogP) is 14.7. The summed E-state index contributed by atoms with van der Waals surface area (Å²) in [5, 5.41) is 2.43. The Balaban J connectivity index is 0.978. The summed E-state index contributed by atoms with van der Waals surface area (Å²) in [6.07, 6.45) is 0. The number of ether oxygens (including phenoxy) is 1. The zero-order valence-corrected chi connectivity index (χ0v) is 42.3. The molecule has 8 aromatic carbocycles. The van der Waals surface area contributed by atoms with Gasteiger partial charge < -0.3 is 0 Å². The predicted molar refractivity (Wildman–Crippen MR) is 285 cm³/mol. The van der Waals surface area contributed by atoms with Gasteiger partial charge in [0.1, 0.15) is 0 Å². The van der Waals surface area contributed by atoms with Crippen LogP contribution < -0.4 is 15.0 Å². The molecule has 0 aliphatic carbocycles. The number of nitrogens with zero attached hydrogens (tertiary/aromatic N) is 5. The molecular formula is C62H50BN5OPt-2. The molecule has 0 fully saturated rings. The van der Waals surface area contributed by atoms with E-state index in [2.05, 4.69) is 255 Å². The van der Waals surface area contributed by atoms with E-state index in [9.17, 15) is 0 Å². The minimum absolute atomic E-state index is 0.0430. The summed E-state index contributed by atoms with van der Waals surface area (Å²) in [6, 6.07) is 76.2. The van der Waals surface area contributed by atoms with Crippen molar-refractivity contribution in [3.8, 4) is 45.3 Å². The number of imidazole rings is 1. The Bertz CT molecular complexity index is 3840. The van der Waals surface area contributed by atoms with Crippen molar-refractivity contribution in [3.63, 3.8) is 0 Å². The van der Waals surface area contributed by atoms with Crippen LogP contribution in [-0.2, 0) is 30.2 Å². The van der Waals surface area contributed by atoms with Crippen LogP contribution in [0, 0.1) is 15.9 Å². The number of hydrogen-bond acceptors (Lipinski definition) is 3. The van der Waals surface area contributed by atoms with Crippen LogP contribution in [0.5, 0.6) is 11.6 Å². The molecule has 0 saturated carbocycles. The summed E-state index contributed by atoms with van der Waals surface area (Å²) >= 11 is 2.51. The van der Waals surface area contributed by atoms with Crippen molar-refractivity contribution in [2.45, 2.75) is 52.4 Å². The van der Waals surface area contributed by atoms with Gasteiger partial charge in [0.25, 0.3) is 0 Å². The van der Waals surface area contributed by atoms with Crippen LogP contribution in [0.25, 0.3) is 66.5 Å². The molecule has 3 aromatic heterocycles. The zero-order valence-electron chi connectivity index (χ0n) is 40.0. The Morgan fingerprint density at radius 3 is 1.89 bits per heavy atom. The van der Waals surface area contributed by atoms with Crippen molar-refractivity contribution >= 4 is 56.8 Å². The quantitative estimate of drug-likeness (QED) is 0.112. The van der Waals surface area contributed by atoms with Gasteiger partial charge in [0.05, 0.1) is 0 Å². The number of rotatable bonds is 8. The Morgan fingerprint density at radius 1 is 0.557 bits per heavy atom. The van der Waals surface area contributed by atoms with Crippen molar-refractivity contribution in [1.82, 2.24) is 18.6 Å². The molecule has 0 unspecified atom stereocenters. The van der Waals surface area contributed by atoms with E-state index in [1.54, 1.807) is 0 Å². The van der Waals surface area contributed by atoms with Crippen LogP contribution in [0.2, 0.25) is 0 Å². The number of para-hydroxylation sites is 4. The van der Waals surface area contributed by atoms with Crippen molar-refractivity contribution in [2.75, 3.05) is 4.81 Å². The van der Waals surface area contributed by atoms with E-state index >= 15 is 0 Å². The molecule has 344 valence electrons. The maximum absolute atomic E-state index is 6.73. The Labute approximate surface area is 420 Å². The van der Waals surface area contributed by atoms with Crippen LogP contribution in [0.15, 0.2) is 194 Å². The molecule has 1 aliphatic rings. The fourth-order valence-corrected chi connectivity index (χ4v) is 11.3. The fraction of sp³-hybridized carbons (Fsp3) is 0.129. The van der Waals surface area contributed by atoms with Crippen molar-refractivity contribution < 1.29 is 24.1 Å². The minimum atomic E-state index is -0.179. The number of hydrogen-bond donors (Lipinski definition) is 0. The van der Waals surface area contributed by atoms with E-state index in [0.29, 0.717) is 11.6 Å². The van der Waals surface area contributed by atoms with Crippen molar-refractivity contribution in [3.05, 3.63) is 221 Å². The van der Waals surface area contributed by atoms with Crippen molar-refractivity contribution in [2.24, 2.45) is 0 Å². The summed E-state index contributed by atoms with van der Waals surface area (Å²) in [5.74, 6) is 1.80.